The highest BCUT2D eigenvalue weighted by Gasteiger charge is 2.34. The van der Waals surface area contributed by atoms with Gasteiger partial charge in [-0.2, -0.15) is 0 Å². The Morgan fingerprint density at radius 1 is 0.857 bits per heavy atom. The van der Waals surface area contributed by atoms with E-state index in [1.54, 1.807) is 0 Å². The number of halogens is 2. The van der Waals surface area contributed by atoms with E-state index < -0.39 is 47.2 Å². The fourth-order valence-electron chi connectivity index (χ4n) is 3.75. The first-order valence-corrected chi connectivity index (χ1v) is 13.0. The van der Waals surface area contributed by atoms with Crippen LogP contribution in [0.4, 0.5) is 20.2 Å². The number of rotatable bonds is 5. The molecule has 35 heavy (non-hydrogen) atoms. The second kappa shape index (κ2) is 8.56. The summed E-state index contributed by atoms with van der Waals surface area (Å²) < 4.78 is 82.4. The molecule has 4 rings (SSSR count). The molecule has 12 heteroatoms. The van der Waals surface area contributed by atoms with E-state index >= 15 is 0 Å². The molecule has 182 valence electrons. The molecule has 8 nitrogen and oxygen atoms in total. The molecule has 0 saturated heterocycles. The summed E-state index contributed by atoms with van der Waals surface area (Å²) in [6.07, 6.45) is 2.35. The number of primary sulfonamides is 1. The molecular formula is C23H19F2N3O5S2. The van der Waals surface area contributed by atoms with Crippen LogP contribution < -0.4 is 9.44 Å². The number of phenols is 1. The van der Waals surface area contributed by atoms with Crippen molar-refractivity contribution in [2.24, 2.45) is 5.14 Å². The summed E-state index contributed by atoms with van der Waals surface area (Å²) in [4.78, 5) is 2.40. The summed E-state index contributed by atoms with van der Waals surface area (Å²) in [5, 5.41) is 16.0. The number of hydrogen-bond donors (Lipinski definition) is 2. The number of fused-ring (bicyclic) bond motifs is 1. The van der Waals surface area contributed by atoms with E-state index in [9.17, 15) is 30.7 Å². The molecule has 0 unspecified atom stereocenters. The van der Waals surface area contributed by atoms with Crippen LogP contribution in [0, 0.1) is 25.5 Å². The van der Waals surface area contributed by atoms with Gasteiger partial charge in [-0.1, -0.05) is 12.1 Å². The number of aromatic nitrogens is 1. The summed E-state index contributed by atoms with van der Waals surface area (Å²) in [7, 11) is -9.35. The average Bonchev–Trinajstić information content (AvgIpc) is 2.79. The van der Waals surface area contributed by atoms with Crippen molar-refractivity contribution in [3.63, 3.8) is 0 Å². The monoisotopic (exact) mass is 519 g/mol. The normalized spacial score (nSPS) is 12.1. The van der Waals surface area contributed by atoms with Gasteiger partial charge >= 0.3 is 0 Å². The van der Waals surface area contributed by atoms with Crippen LogP contribution in [-0.2, 0) is 20.0 Å². The van der Waals surface area contributed by atoms with Gasteiger partial charge in [-0.3, -0.25) is 4.98 Å². The zero-order valence-corrected chi connectivity index (χ0v) is 20.0. The number of aromatic hydroxyl groups is 1. The van der Waals surface area contributed by atoms with Crippen LogP contribution in [-0.4, -0.2) is 26.9 Å². The van der Waals surface area contributed by atoms with Gasteiger partial charge in [0.15, 0.2) is 0 Å². The van der Waals surface area contributed by atoms with Gasteiger partial charge in [-0.25, -0.2) is 35.1 Å². The minimum Gasteiger partial charge on any atom is -0.506 e. The third-order valence-corrected chi connectivity index (χ3v) is 8.27. The fraction of sp³-hybridized carbons (Fsp3) is 0.0870. The summed E-state index contributed by atoms with van der Waals surface area (Å²) in [6.45, 7) is 2.67. The Kier molecular flexibility index (Phi) is 5.99. The molecule has 0 aliphatic heterocycles. The molecule has 0 aliphatic carbocycles. The van der Waals surface area contributed by atoms with Gasteiger partial charge in [-0.15, -0.1) is 0 Å². The Hall–Kier alpha value is -3.61. The number of nitrogens with zero attached hydrogens (tertiary/aromatic N) is 2. The summed E-state index contributed by atoms with van der Waals surface area (Å²) in [5.74, 6) is -2.23. The highest BCUT2D eigenvalue weighted by molar-refractivity contribution is 7.93. The van der Waals surface area contributed by atoms with Crippen molar-refractivity contribution in [1.29, 1.82) is 0 Å². The smallest absolute Gasteiger partial charge is 0.272 e. The number of anilines is 2. The van der Waals surface area contributed by atoms with E-state index in [1.807, 2.05) is 0 Å². The summed E-state index contributed by atoms with van der Waals surface area (Å²) >= 11 is 0. The molecule has 3 aromatic carbocycles. The first kappa shape index (κ1) is 24.5. The molecule has 1 heterocycles. The lowest BCUT2D eigenvalue weighted by atomic mass is 10.1. The van der Waals surface area contributed by atoms with Crippen molar-refractivity contribution in [3.05, 3.63) is 83.7 Å². The lowest BCUT2D eigenvalue weighted by molar-refractivity contribution is 0.464. The van der Waals surface area contributed by atoms with Gasteiger partial charge < -0.3 is 5.11 Å². The SMILES string of the molecule is Cc1c(F)cccc1N(c1cccc(F)c1C)S(=O)(=O)c1cc(S(N)(=O)=O)c2cnccc2c1O. The Labute approximate surface area is 200 Å². The number of phenolic OH excluding ortho intramolecular Hbond substituents is 1. The van der Waals surface area contributed by atoms with Crippen LogP contribution in [0.15, 0.2) is 70.7 Å². The minimum atomic E-state index is -4.88. The predicted molar refractivity (Wildman–Crippen MR) is 126 cm³/mol. The van der Waals surface area contributed by atoms with Gasteiger partial charge in [0.05, 0.1) is 16.3 Å². The maximum atomic E-state index is 14.5. The molecule has 3 N–H and O–H groups in total. The van der Waals surface area contributed by atoms with Crippen LogP contribution in [0.25, 0.3) is 10.8 Å². The maximum absolute atomic E-state index is 14.5. The van der Waals surface area contributed by atoms with Crippen molar-refractivity contribution >= 4 is 42.2 Å². The zero-order valence-electron chi connectivity index (χ0n) is 18.4. The first-order chi connectivity index (χ1) is 16.4. The number of nitrogens with two attached hydrogens (primary N) is 1. The van der Waals surface area contributed by atoms with Crippen LogP contribution in [0.2, 0.25) is 0 Å². The topological polar surface area (TPSA) is 131 Å². The summed E-state index contributed by atoms with van der Waals surface area (Å²) in [6, 6.07) is 9.35. The van der Waals surface area contributed by atoms with Crippen molar-refractivity contribution in [2.75, 3.05) is 4.31 Å². The second-order valence-electron chi connectivity index (χ2n) is 7.73. The predicted octanol–water partition coefficient (Wildman–Crippen LogP) is 4.01. The Bertz CT molecular complexity index is 1660. The molecule has 0 radical (unpaired) electrons. The highest BCUT2D eigenvalue weighted by atomic mass is 32.2. The molecule has 0 aliphatic rings. The maximum Gasteiger partial charge on any atom is 0.272 e. The molecule has 0 saturated carbocycles. The fourth-order valence-corrected chi connectivity index (χ4v) is 6.30. The van der Waals surface area contributed by atoms with Gasteiger partial charge in [-0.05, 0) is 50.2 Å². The number of sulfonamides is 2. The Balaban J connectivity index is 2.14. The van der Waals surface area contributed by atoms with Crippen molar-refractivity contribution in [2.45, 2.75) is 23.6 Å². The van der Waals surface area contributed by atoms with Gasteiger partial charge in [0.1, 0.15) is 22.3 Å². The molecule has 4 aromatic rings. The van der Waals surface area contributed by atoms with Crippen molar-refractivity contribution in [3.8, 4) is 5.75 Å². The number of pyridine rings is 1. The molecule has 0 spiro atoms. The average molecular weight is 520 g/mol. The van der Waals surface area contributed by atoms with Gasteiger partial charge in [0.2, 0.25) is 10.0 Å². The van der Waals surface area contributed by atoms with Crippen molar-refractivity contribution < 1.29 is 30.7 Å². The minimum absolute atomic E-state index is 0.0733. The molecule has 1 aromatic heterocycles. The van der Waals surface area contributed by atoms with Crippen LogP contribution in [0.5, 0.6) is 5.75 Å². The van der Waals surface area contributed by atoms with Crippen LogP contribution in [0.3, 0.4) is 0 Å². The van der Waals surface area contributed by atoms with Gasteiger partial charge in [0, 0.05) is 34.3 Å². The largest absolute Gasteiger partial charge is 0.506 e. The Morgan fingerprint density at radius 3 is 1.91 bits per heavy atom. The van der Waals surface area contributed by atoms with Crippen molar-refractivity contribution in [1.82, 2.24) is 4.98 Å². The molecule has 0 amide bonds. The number of benzene rings is 3. The second-order valence-corrected chi connectivity index (χ2v) is 11.0. The van der Waals surface area contributed by atoms with Crippen LogP contribution >= 0.6 is 0 Å². The number of hydrogen-bond acceptors (Lipinski definition) is 6. The molecule has 0 bridgehead atoms. The van der Waals surface area contributed by atoms with Crippen LogP contribution in [0.1, 0.15) is 11.1 Å². The van der Waals surface area contributed by atoms with E-state index in [4.69, 9.17) is 5.14 Å². The highest BCUT2D eigenvalue weighted by Crippen LogP contribution is 2.42. The Morgan fingerprint density at radius 2 is 1.40 bits per heavy atom. The lowest BCUT2D eigenvalue weighted by Gasteiger charge is -2.28. The standard InChI is InChI=1S/C23H19F2N3O5S2/c1-13-17(24)5-3-7-19(13)28(20-8-4-6-18(25)14(20)2)35(32,33)22-11-21(34(26,30)31)16-12-27-10-9-15(16)23(22)29/h3-12,29H,1-2H3,(H2,26,30,31). The zero-order chi connectivity index (χ0) is 25.7. The van der Waals surface area contributed by atoms with E-state index in [2.05, 4.69) is 4.98 Å². The van der Waals surface area contributed by atoms with E-state index in [1.165, 1.54) is 50.4 Å². The molecule has 0 atom stereocenters. The lowest BCUT2D eigenvalue weighted by Crippen LogP contribution is -2.28. The molecule has 0 fully saturated rings. The molecular weight excluding hydrogens is 500 g/mol. The van der Waals surface area contributed by atoms with E-state index in [0.717, 1.165) is 18.3 Å². The van der Waals surface area contributed by atoms with Gasteiger partial charge in [0.25, 0.3) is 10.0 Å². The third kappa shape index (κ3) is 4.09. The van der Waals surface area contributed by atoms with E-state index in [-0.39, 0.29) is 33.3 Å². The quantitative estimate of drug-likeness (QED) is 0.410. The summed E-state index contributed by atoms with van der Waals surface area (Å²) in [5.41, 5.74) is -0.470. The van der Waals surface area contributed by atoms with E-state index in [0.29, 0.717) is 10.4 Å². The first-order valence-electron chi connectivity index (χ1n) is 10.0. The third-order valence-electron chi connectivity index (χ3n) is 5.58.